The van der Waals surface area contributed by atoms with Crippen molar-refractivity contribution in [2.45, 2.75) is 18.9 Å². The van der Waals surface area contributed by atoms with Crippen LogP contribution >= 0.6 is 0 Å². The minimum atomic E-state index is -0.0591. The van der Waals surface area contributed by atoms with Crippen LogP contribution in [0.3, 0.4) is 0 Å². The number of morpholine rings is 1. The molecule has 0 aliphatic carbocycles. The lowest BCUT2D eigenvalue weighted by atomic mass is 10.0. The molecule has 1 aliphatic heterocycles. The fourth-order valence-corrected chi connectivity index (χ4v) is 2.12. The molecular weight excluding hydrogens is 228 g/mol. The Hall–Kier alpha value is -1.39. The number of ether oxygens (including phenoxy) is 1. The topological polar surface area (TPSA) is 55.6 Å². The fourth-order valence-electron chi connectivity index (χ4n) is 2.12. The molecular formula is C14H20N2O2. The Bertz CT molecular complexity index is 375. The molecule has 4 heteroatoms. The van der Waals surface area contributed by atoms with Gasteiger partial charge in [0.05, 0.1) is 13.2 Å². The first-order valence-electron chi connectivity index (χ1n) is 6.43. The van der Waals surface area contributed by atoms with Gasteiger partial charge in [0.25, 0.3) is 0 Å². The predicted molar refractivity (Wildman–Crippen MR) is 70.0 cm³/mol. The van der Waals surface area contributed by atoms with Gasteiger partial charge in [-0.1, -0.05) is 30.3 Å². The number of nitrogens with zero attached hydrogens (tertiary/aromatic N) is 1. The first kappa shape index (κ1) is 13.1. The molecule has 1 aromatic rings. The summed E-state index contributed by atoms with van der Waals surface area (Å²) in [6, 6.07) is 9.86. The molecule has 1 heterocycles. The minimum absolute atomic E-state index is 0.0591. The van der Waals surface area contributed by atoms with Gasteiger partial charge < -0.3 is 15.4 Å². The van der Waals surface area contributed by atoms with Crippen LogP contribution in [-0.4, -0.2) is 37.1 Å². The van der Waals surface area contributed by atoms with E-state index < -0.39 is 0 Å². The molecule has 1 saturated heterocycles. The largest absolute Gasteiger partial charge is 0.378 e. The number of carbonyl (C=O) groups is 1. The number of benzene rings is 1. The van der Waals surface area contributed by atoms with Gasteiger partial charge in [-0.3, -0.25) is 4.79 Å². The first-order chi connectivity index (χ1) is 8.77. The summed E-state index contributed by atoms with van der Waals surface area (Å²) < 4.78 is 5.23. The van der Waals surface area contributed by atoms with Crippen LogP contribution in [0.1, 0.15) is 24.4 Å². The van der Waals surface area contributed by atoms with E-state index in [4.69, 9.17) is 10.5 Å². The van der Waals surface area contributed by atoms with Crippen LogP contribution in [0.5, 0.6) is 0 Å². The molecule has 1 amide bonds. The average molecular weight is 248 g/mol. The lowest BCUT2D eigenvalue weighted by molar-refractivity contribution is -0.135. The number of nitrogens with two attached hydrogens (primary N) is 1. The van der Waals surface area contributed by atoms with Gasteiger partial charge in [-0.2, -0.15) is 0 Å². The number of hydrogen-bond acceptors (Lipinski definition) is 3. The zero-order valence-corrected chi connectivity index (χ0v) is 10.5. The van der Waals surface area contributed by atoms with Crippen molar-refractivity contribution >= 4 is 5.91 Å². The van der Waals surface area contributed by atoms with Crippen molar-refractivity contribution < 1.29 is 9.53 Å². The molecule has 98 valence electrons. The van der Waals surface area contributed by atoms with Gasteiger partial charge in [0.15, 0.2) is 0 Å². The van der Waals surface area contributed by atoms with Crippen molar-refractivity contribution in [1.82, 2.24) is 4.90 Å². The third-order valence-electron chi connectivity index (χ3n) is 3.26. The van der Waals surface area contributed by atoms with Gasteiger partial charge in [0.1, 0.15) is 0 Å². The van der Waals surface area contributed by atoms with E-state index >= 15 is 0 Å². The summed E-state index contributed by atoms with van der Waals surface area (Å²) in [6.07, 6.45) is 1.20. The Morgan fingerprint density at radius 3 is 2.61 bits per heavy atom. The summed E-state index contributed by atoms with van der Waals surface area (Å²) in [5, 5.41) is 0. The lowest BCUT2D eigenvalue weighted by Crippen LogP contribution is -2.40. The highest BCUT2D eigenvalue weighted by Gasteiger charge is 2.17. The molecule has 0 saturated carbocycles. The van der Waals surface area contributed by atoms with Gasteiger partial charge in [0.2, 0.25) is 5.91 Å². The van der Waals surface area contributed by atoms with Crippen molar-refractivity contribution in [2.75, 3.05) is 26.3 Å². The standard InChI is InChI=1S/C14H20N2O2/c15-13(12-4-2-1-3-5-12)6-7-14(17)16-8-10-18-11-9-16/h1-5,13H,6-11,15H2. The van der Waals surface area contributed by atoms with E-state index in [0.717, 1.165) is 5.56 Å². The maximum atomic E-state index is 11.9. The van der Waals surface area contributed by atoms with Crippen molar-refractivity contribution in [3.8, 4) is 0 Å². The molecule has 0 aromatic heterocycles. The van der Waals surface area contributed by atoms with E-state index in [1.54, 1.807) is 0 Å². The zero-order valence-electron chi connectivity index (χ0n) is 10.5. The lowest BCUT2D eigenvalue weighted by Gasteiger charge is -2.27. The van der Waals surface area contributed by atoms with Gasteiger partial charge in [-0.25, -0.2) is 0 Å². The fraction of sp³-hybridized carbons (Fsp3) is 0.500. The maximum absolute atomic E-state index is 11.9. The van der Waals surface area contributed by atoms with Crippen LogP contribution in [0.2, 0.25) is 0 Å². The van der Waals surface area contributed by atoms with Gasteiger partial charge in [-0.15, -0.1) is 0 Å². The molecule has 2 N–H and O–H groups in total. The van der Waals surface area contributed by atoms with E-state index in [9.17, 15) is 4.79 Å². The summed E-state index contributed by atoms with van der Waals surface area (Å²) in [5.41, 5.74) is 7.17. The third kappa shape index (κ3) is 3.55. The number of rotatable bonds is 4. The Balaban J connectivity index is 1.78. The van der Waals surface area contributed by atoms with Gasteiger partial charge in [-0.05, 0) is 12.0 Å². The van der Waals surface area contributed by atoms with Crippen molar-refractivity contribution in [3.63, 3.8) is 0 Å². The van der Waals surface area contributed by atoms with E-state index in [1.165, 1.54) is 0 Å². The van der Waals surface area contributed by atoms with Crippen LogP contribution in [0.4, 0.5) is 0 Å². The van der Waals surface area contributed by atoms with Crippen molar-refractivity contribution in [2.24, 2.45) is 5.73 Å². The molecule has 1 fully saturated rings. The second-order valence-corrected chi connectivity index (χ2v) is 4.55. The normalized spacial score (nSPS) is 17.5. The highest BCUT2D eigenvalue weighted by atomic mass is 16.5. The van der Waals surface area contributed by atoms with E-state index in [2.05, 4.69) is 0 Å². The second kappa shape index (κ2) is 6.52. The Labute approximate surface area is 108 Å². The number of carbonyl (C=O) groups excluding carboxylic acids is 1. The molecule has 1 atom stereocenters. The maximum Gasteiger partial charge on any atom is 0.222 e. The molecule has 4 nitrogen and oxygen atoms in total. The zero-order chi connectivity index (χ0) is 12.8. The summed E-state index contributed by atoms with van der Waals surface area (Å²) in [6.45, 7) is 2.71. The molecule has 1 aliphatic rings. The molecule has 1 aromatic carbocycles. The van der Waals surface area contributed by atoms with E-state index in [1.807, 2.05) is 35.2 Å². The Kier molecular flexibility index (Phi) is 4.73. The van der Waals surface area contributed by atoms with Crippen molar-refractivity contribution in [1.29, 1.82) is 0 Å². The van der Waals surface area contributed by atoms with Crippen LogP contribution in [0.15, 0.2) is 30.3 Å². The monoisotopic (exact) mass is 248 g/mol. The molecule has 18 heavy (non-hydrogen) atoms. The summed E-state index contributed by atoms with van der Waals surface area (Å²) >= 11 is 0. The molecule has 0 radical (unpaired) electrons. The second-order valence-electron chi connectivity index (χ2n) is 4.55. The van der Waals surface area contributed by atoms with Crippen LogP contribution in [-0.2, 0) is 9.53 Å². The van der Waals surface area contributed by atoms with Crippen molar-refractivity contribution in [3.05, 3.63) is 35.9 Å². The number of hydrogen-bond donors (Lipinski definition) is 1. The Morgan fingerprint density at radius 2 is 1.94 bits per heavy atom. The average Bonchev–Trinajstić information content (AvgIpc) is 2.46. The summed E-state index contributed by atoms with van der Waals surface area (Å²) in [5.74, 6) is 0.185. The minimum Gasteiger partial charge on any atom is -0.378 e. The van der Waals surface area contributed by atoms with Crippen LogP contribution in [0.25, 0.3) is 0 Å². The first-order valence-corrected chi connectivity index (χ1v) is 6.43. The highest BCUT2D eigenvalue weighted by molar-refractivity contribution is 5.76. The summed E-state index contributed by atoms with van der Waals surface area (Å²) in [4.78, 5) is 13.8. The van der Waals surface area contributed by atoms with Gasteiger partial charge in [0, 0.05) is 25.6 Å². The molecule has 0 bridgehead atoms. The molecule has 2 rings (SSSR count). The van der Waals surface area contributed by atoms with Crippen LogP contribution in [0, 0.1) is 0 Å². The molecule has 1 unspecified atom stereocenters. The van der Waals surface area contributed by atoms with Crippen LogP contribution < -0.4 is 5.73 Å². The predicted octanol–water partition coefficient (Wildman–Crippen LogP) is 1.33. The highest BCUT2D eigenvalue weighted by Crippen LogP contribution is 2.16. The SMILES string of the molecule is NC(CCC(=O)N1CCOCC1)c1ccccc1. The third-order valence-corrected chi connectivity index (χ3v) is 3.26. The smallest absolute Gasteiger partial charge is 0.222 e. The van der Waals surface area contributed by atoms with Gasteiger partial charge >= 0.3 is 0 Å². The van der Waals surface area contributed by atoms with E-state index in [0.29, 0.717) is 39.1 Å². The number of amides is 1. The van der Waals surface area contributed by atoms with E-state index in [-0.39, 0.29) is 11.9 Å². The Morgan fingerprint density at radius 1 is 1.28 bits per heavy atom. The quantitative estimate of drug-likeness (QED) is 0.874. The summed E-state index contributed by atoms with van der Waals surface area (Å²) in [7, 11) is 0. The molecule has 0 spiro atoms.